The number of benzene rings is 1. The van der Waals surface area contributed by atoms with Crippen molar-refractivity contribution < 1.29 is 0 Å². The fraction of sp³-hybridized carbons (Fsp3) is 0.0833. The molecule has 1 heterocycles. The smallest absolute Gasteiger partial charge is 0.153 e. The largest absolute Gasteiger partial charge is 0.396 e. The van der Waals surface area contributed by atoms with Crippen LogP contribution in [0.3, 0.4) is 0 Å². The molecule has 0 unspecified atom stereocenters. The monoisotopic (exact) mass is 325 g/mol. The number of pyridine rings is 1. The number of nitrogens with one attached hydrogen (secondary N) is 1. The van der Waals surface area contributed by atoms with E-state index in [0.29, 0.717) is 11.5 Å². The van der Waals surface area contributed by atoms with Crippen LogP contribution in [0.2, 0.25) is 0 Å². The lowest BCUT2D eigenvalue weighted by atomic mass is 10.3. The molecule has 82 valence electrons. The Morgan fingerprint density at radius 1 is 1.25 bits per heavy atom. The third-order valence-corrected chi connectivity index (χ3v) is 2.82. The summed E-state index contributed by atoms with van der Waals surface area (Å²) in [4.78, 5) is 4.36. The fourth-order valence-electron chi connectivity index (χ4n) is 1.37. The third kappa shape index (κ3) is 2.63. The maximum atomic E-state index is 5.85. The molecule has 0 aliphatic rings. The Bertz CT molecular complexity index is 511. The summed E-state index contributed by atoms with van der Waals surface area (Å²) in [6, 6.07) is 11.8. The van der Waals surface area contributed by atoms with Gasteiger partial charge in [-0.3, -0.25) is 0 Å². The second-order valence-electron chi connectivity index (χ2n) is 3.53. The molecule has 1 aromatic heterocycles. The summed E-state index contributed by atoms with van der Waals surface area (Å²) in [5, 5.41) is 3.21. The molecule has 0 atom stereocenters. The molecule has 0 bridgehead atoms. The van der Waals surface area contributed by atoms with E-state index in [-0.39, 0.29) is 0 Å². The SMILES string of the molecule is Cc1ccc(N)c(Nc2cccc(I)c2)n1. The number of aryl methyl sites for hydroxylation is 1. The molecule has 3 nitrogen and oxygen atoms in total. The van der Waals surface area contributed by atoms with Gasteiger partial charge >= 0.3 is 0 Å². The van der Waals surface area contributed by atoms with Gasteiger partial charge in [-0.05, 0) is 59.8 Å². The average molecular weight is 325 g/mol. The summed E-state index contributed by atoms with van der Waals surface area (Å²) in [7, 11) is 0. The van der Waals surface area contributed by atoms with Crippen LogP contribution in [0, 0.1) is 10.5 Å². The summed E-state index contributed by atoms with van der Waals surface area (Å²) in [5.41, 5.74) is 8.45. The van der Waals surface area contributed by atoms with Gasteiger partial charge in [0.25, 0.3) is 0 Å². The molecule has 2 aromatic rings. The molecule has 1 aromatic carbocycles. The van der Waals surface area contributed by atoms with Gasteiger partial charge in [0, 0.05) is 15.0 Å². The van der Waals surface area contributed by atoms with Crippen LogP contribution in [0.5, 0.6) is 0 Å². The quantitative estimate of drug-likeness (QED) is 0.833. The van der Waals surface area contributed by atoms with E-state index in [1.807, 2.05) is 43.3 Å². The Kier molecular flexibility index (Phi) is 3.28. The zero-order valence-corrected chi connectivity index (χ0v) is 11.0. The van der Waals surface area contributed by atoms with Crippen LogP contribution in [0.4, 0.5) is 17.2 Å². The summed E-state index contributed by atoms with van der Waals surface area (Å²) in [6.07, 6.45) is 0. The van der Waals surface area contributed by atoms with E-state index in [1.54, 1.807) is 0 Å². The zero-order chi connectivity index (χ0) is 11.5. The second-order valence-corrected chi connectivity index (χ2v) is 4.77. The van der Waals surface area contributed by atoms with Crippen molar-refractivity contribution in [3.05, 3.63) is 45.7 Å². The average Bonchev–Trinajstić information content (AvgIpc) is 2.24. The first-order valence-electron chi connectivity index (χ1n) is 4.91. The molecular weight excluding hydrogens is 313 g/mol. The lowest BCUT2D eigenvalue weighted by Crippen LogP contribution is -2.00. The lowest BCUT2D eigenvalue weighted by molar-refractivity contribution is 1.20. The van der Waals surface area contributed by atoms with Crippen molar-refractivity contribution in [3.8, 4) is 0 Å². The highest BCUT2D eigenvalue weighted by Crippen LogP contribution is 2.22. The van der Waals surface area contributed by atoms with E-state index in [1.165, 1.54) is 3.57 Å². The maximum absolute atomic E-state index is 5.85. The van der Waals surface area contributed by atoms with Gasteiger partial charge < -0.3 is 11.1 Å². The lowest BCUT2D eigenvalue weighted by Gasteiger charge is -2.09. The Morgan fingerprint density at radius 3 is 2.81 bits per heavy atom. The second kappa shape index (κ2) is 4.69. The standard InChI is InChI=1S/C12H12IN3/c1-8-5-6-11(14)12(15-8)16-10-4-2-3-9(13)7-10/h2-7H,14H2,1H3,(H,15,16). The van der Waals surface area contributed by atoms with Gasteiger partial charge in [0.1, 0.15) is 0 Å². The van der Waals surface area contributed by atoms with Gasteiger partial charge in [-0.15, -0.1) is 0 Å². The number of halogens is 1. The van der Waals surface area contributed by atoms with Crippen molar-refractivity contribution in [2.75, 3.05) is 11.1 Å². The summed E-state index contributed by atoms with van der Waals surface area (Å²) in [5.74, 6) is 0.710. The van der Waals surface area contributed by atoms with E-state index < -0.39 is 0 Å². The molecule has 0 saturated heterocycles. The number of aromatic nitrogens is 1. The molecule has 2 rings (SSSR count). The topological polar surface area (TPSA) is 50.9 Å². The highest BCUT2D eigenvalue weighted by Gasteiger charge is 2.01. The molecule has 0 aliphatic heterocycles. The number of rotatable bonds is 2. The minimum Gasteiger partial charge on any atom is -0.396 e. The first-order valence-corrected chi connectivity index (χ1v) is 5.99. The molecule has 0 spiro atoms. The molecule has 4 heteroatoms. The highest BCUT2D eigenvalue weighted by atomic mass is 127. The number of nitrogens with two attached hydrogens (primary N) is 1. The van der Waals surface area contributed by atoms with Gasteiger partial charge in [-0.2, -0.15) is 0 Å². The van der Waals surface area contributed by atoms with Gasteiger partial charge in [0.2, 0.25) is 0 Å². The van der Waals surface area contributed by atoms with Crippen LogP contribution >= 0.6 is 22.6 Å². The van der Waals surface area contributed by atoms with Crippen molar-refractivity contribution in [2.45, 2.75) is 6.92 Å². The Morgan fingerprint density at radius 2 is 2.06 bits per heavy atom. The van der Waals surface area contributed by atoms with Gasteiger partial charge in [0.05, 0.1) is 5.69 Å². The summed E-state index contributed by atoms with van der Waals surface area (Å²) >= 11 is 2.27. The zero-order valence-electron chi connectivity index (χ0n) is 8.87. The number of anilines is 3. The van der Waals surface area contributed by atoms with Crippen LogP contribution in [-0.4, -0.2) is 4.98 Å². The van der Waals surface area contributed by atoms with Crippen molar-refractivity contribution in [1.82, 2.24) is 4.98 Å². The van der Waals surface area contributed by atoms with E-state index in [0.717, 1.165) is 11.4 Å². The molecule has 0 fully saturated rings. The molecule has 0 amide bonds. The number of nitrogen functional groups attached to an aromatic ring is 1. The van der Waals surface area contributed by atoms with Crippen LogP contribution in [-0.2, 0) is 0 Å². The van der Waals surface area contributed by atoms with Crippen LogP contribution in [0.25, 0.3) is 0 Å². The molecule has 0 aliphatic carbocycles. The first kappa shape index (κ1) is 11.2. The first-order chi connectivity index (χ1) is 7.65. The summed E-state index contributed by atoms with van der Waals surface area (Å²) < 4.78 is 1.17. The van der Waals surface area contributed by atoms with Gasteiger partial charge in [-0.25, -0.2) is 4.98 Å². The molecule has 3 N–H and O–H groups in total. The van der Waals surface area contributed by atoms with E-state index >= 15 is 0 Å². The van der Waals surface area contributed by atoms with Crippen LogP contribution in [0.15, 0.2) is 36.4 Å². The maximum Gasteiger partial charge on any atom is 0.153 e. The van der Waals surface area contributed by atoms with Crippen molar-refractivity contribution >= 4 is 39.8 Å². The van der Waals surface area contributed by atoms with Crippen molar-refractivity contribution in [1.29, 1.82) is 0 Å². The van der Waals surface area contributed by atoms with Crippen LogP contribution < -0.4 is 11.1 Å². The van der Waals surface area contributed by atoms with Crippen molar-refractivity contribution in [3.63, 3.8) is 0 Å². The molecular formula is C12H12IN3. The third-order valence-electron chi connectivity index (χ3n) is 2.15. The Balaban J connectivity index is 2.30. The highest BCUT2D eigenvalue weighted by molar-refractivity contribution is 14.1. The van der Waals surface area contributed by atoms with Crippen molar-refractivity contribution in [2.24, 2.45) is 0 Å². The minimum atomic E-state index is 0.657. The van der Waals surface area contributed by atoms with E-state index in [4.69, 9.17) is 5.73 Å². The predicted molar refractivity (Wildman–Crippen MR) is 75.8 cm³/mol. The predicted octanol–water partition coefficient (Wildman–Crippen LogP) is 3.32. The molecule has 0 saturated carbocycles. The number of hydrogen-bond donors (Lipinski definition) is 2. The van der Waals surface area contributed by atoms with Gasteiger partial charge in [0.15, 0.2) is 5.82 Å². The van der Waals surface area contributed by atoms with E-state index in [2.05, 4.69) is 32.9 Å². The van der Waals surface area contributed by atoms with E-state index in [9.17, 15) is 0 Å². The Hall–Kier alpha value is -1.30. The Labute approximate surface area is 108 Å². The van der Waals surface area contributed by atoms with Crippen LogP contribution in [0.1, 0.15) is 5.69 Å². The number of nitrogens with zero attached hydrogens (tertiary/aromatic N) is 1. The number of hydrogen-bond acceptors (Lipinski definition) is 3. The van der Waals surface area contributed by atoms with Gasteiger partial charge in [-0.1, -0.05) is 6.07 Å². The summed E-state index contributed by atoms with van der Waals surface area (Å²) in [6.45, 7) is 1.94. The molecule has 16 heavy (non-hydrogen) atoms. The normalized spacial score (nSPS) is 10.1. The fourth-order valence-corrected chi connectivity index (χ4v) is 1.91. The molecule has 0 radical (unpaired) electrons. The minimum absolute atomic E-state index is 0.657.